The lowest BCUT2D eigenvalue weighted by Crippen LogP contribution is -2.01. The zero-order valence-corrected chi connectivity index (χ0v) is 18.8. The number of oxazole rings is 1. The van der Waals surface area contributed by atoms with Crippen LogP contribution >= 0.6 is 23.4 Å². The van der Waals surface area contributed by atoms with E-state index >= 15 is 0 Å². The van der Waals surface area contributed by atoms with Gasteiger partial charge in [-0.05, 0) is 30.7 Å². The second kappa shape index (κ2) is 9.94. The van der Waals surface area contributed by atoms with Gasteiger partial charge >= 0.3 is 0 Å². The number of imidazole rings is 1. The normalized spacial score (nSPS) is 10.9. The van der Waals surface area contributed by atoms with E-state index in [0.717, 1.165) is 40.1 Å². The van der Waals surface area contributed by atoms with Gasteiger partial charge in [0.25, 0.3) is 5.22 Å². The molecule has 4 rings (SSSR count). The van der Waals surface area contributed by atoms with Gasteiger partial charge in [-0.2, -0.15) is 0 Å². The summed E-state index contributed by atoms with van der Waals surface area (Å²) < 4.78 is 19.3. The van der Waals surface area contributed by atoms with Crippen LogP contribution < -0.4 is 9.47 Å². The van der Waals surface area contributed by atoms with Crippen molar-refractivity contribution in [2.45, 2.75) is 23.2 Å². The third-order valence-corrected chi connectivity index (χ3v) is 5.80. The first-order valence-corrected chi connectivity index (χ1v) is 11.0. The second-order valence-corrected chi connectivity index (χ2v) is 8.14. The Morgan fingerprint density at radius 2 is 1.87 bits per heavy atom. The van der Waals surface area contributed by atoms with Crippen molar-refractivity contribution in [3.8, 4) is 22.8 Å². The summed E-state index contributed by atoms with van der Waals surface area (Å²) in [4.78, 5) is 9.07. The molecule has 2 aromatic carbocycles. The highest BCUT2D eigenvalue weighted by atomic mass is 35.5. The summed E-state index contributed by atoms with van der Waals surface area (Å²) >= 11 is 7.45. The van der Waals surface area contributed by atoms with Gasteiger partial charge in [-0.3, -0.25) is 0 Å². The first kappa shape index (κ1) is 21.3. The van der Waals surface area contributed by atoms with Crippen LogP contribution in [0, 0.1) is 0 Å². The highest BCUT2D eigenvalue weighted by Crippen LogP contribution is 2.33. The van der Waals surface area contributed by atoms with Gasteiger partial charge in [0, 0.05) is 48.2 Å². The SMILES string of the molecule is COc1ccccc1OCCCc1oc(Sc2nccn2C)nc1-c1ccc(Cl)cc1. The highest BCUT2D eigenvalue weighted by molar-refractivity contribution is 7.99. The maximum Gasteiger partial charge on any atom is 0.264 e. The summed E-state index contributed by atoms with van der Waals surface area (Å²) in [6.07, 6.45) is 5.09. The zero-order valence-electron chi connectivity index (χ0n) is 17.2. The first-order chi connectivity index (χ1) is 15.1. The Bertz CT molecular complexity index is 1140. The summed E-state index contributed by atoms with van der Waals surface area (Å²) in [5.74, 6) is 2.26. The molecule has 0 spiro atoms. The predicted octanol–water partition coefficient (Wildman–Crippen LogP) is 5.90. The number of aromatic nitrogens is 3. The molecule has 0 aliphatic carbocycles. The van der Waals surface area contributed by atoms with Gasteiger partial charge in [0.05, 0.1) is 13.7 Å². The Kier molecular flexibility index (Phi) is 6.84. The summed E-state index contributed by atoms with van der Waals surface area (Å²) in [7, 11) is 3.57. The van der Waals surface area contributed by atoms with Crippen molar-refractivity contribution < 1.29 is 13.9 Å². The van der Waals surface area contributed by atoms with E-state index in [4.69, 9.17) is 30.5 Å². The van der Waals surface area contributed by atoms with Crippen molar-refractivity contribution in [2.75, 3.05) is 13.7 Å². The molecular weight excluding hydrogens is 434 g/mol. The lowest BCUT2D eigenvalue weighted by atomic mass is 10.1. The second-order valence-electron chi connectivity index (χ2n) is 6.78. The fourth-order valence-corrected chi connectivity index (χ4v) is 3.94. The van der Waals surface area contributed by atoms with Crippen LogP contribution in [-0.4, -0.2) is 28.3 Å². The van der Waals surface area contributed by atoms with Gasteiger partial charge in [-0.1, -0.05) is 35.9 Å². The van der Waals surface area contributed by atoms with E-state index < -0.39 is 0 Å². The standard InChI is InChI=1S/C23H22ClN3O3S/c1-27-14-13-25-22(27)31-23-26-21(16-9-11-17(24)12-10-16)20(30-23)8-5-15-29-19-7-4-3-6-18(19)28-2/h3-4,6-7,9-14H,5,8,15H2,1-2H3. The molecule has 0 amide bonds. The first-order valence-electron chi connectivity index (χ1n) is 9.80. The van der Waals surface area contributed by atoms with Crippen molar-refractivity contribution in [3.05, 3.63) is 71.7 Å². The number of methoxy groups -OCH3 is 1. The number of hydrogen-bond donors (Lipinski definition) is 0. The molecule has 4 aromatic rings. The molecule has 0 unspecified atom stereocenters. The summed E-state index contributed by atoms with van der Waals surface area (Å²) in [5.41, 5.74) is 1.77. The molecule has 0 aliphatic heterocycles. The number of ether oxygens (including phenoxy) is 2. The lowest BCUT2D eigenvalue weighted by Gasteiger charge is -2.09. The predicted molar refractivity (Wildman–Crippen MR) is 121 cm³/mol. The fourth-order valence-electron chi connectivity index (χ4n) is 3.06. The van der Waals surface area contributed by atoms with E-state index in [2.05, 4.69) is 4.98 Å². The molecular formula is C23H22ClN3O3S. The number of benzene rings is 2. The number of para-hydroxylation sites is 2. The third kappa shape index (κ3) is 5.24. The molecule has 0 aliphatic rings. The quantitative estimate of drug-likeness (QED) is 0.293. The Labute approximate surface area is 190 Å². The van der Waals surface area contributed by atoms with Crippen LogP contribution in [0.15, 0.2) is 75.7 Å². The number of aryl methyl sites for hydroxylation is 2. The number of rotatable bonds is 9. The van der Waals surface area contributed by atoms with Gasteiger partial charge in [0.2, 0.25) is 0 Å². The summed E-state index contributed by atoms with van der Waals surface area (Å²) in [6.45, 7) is 0.531. The smallest absolute Gasteiger partial charge is 0.264 e. The molecule has 31 heavy (non-hydrogen) atoms. The van der Waals surface area contributed by atoms with Crippen LogP contribution in [0.5, 0.6) is 11.5 Å². The van der Waals surface area contributed by atoms with Crippen LogP contribution in [0.25, 0.3) is 11.3 Å². The zero-order chi connectivity index (χ0) is 21.6. The molecule has 0 radical (unpaired) electrons. The van der Waals surface area contributed by atoms with Crippen LogP contribution in [0.2, 0.25) is 5.02 Å². The largest absolute Gasteiger partial charge is 0.493 e. The van der Waals surface area contributed by atoms with Crippen LogP contribution in [0.1, 0.15) is 12.2 Å². The number of halogens is 1. The Hall–Kier alpha value is -2.90. The molecule has 8 heteroatoms. The number of hydrogen-bond acceptors (Lipinski definition) is 6. The monoisotopic (exact) mass is 455 g/mol. The highest BCUT2D eigenvalue weighted by Gasteiger charge is 2.17. The maximum atomic E-state index is 6.11. The molecule has 0 saturated carbocycles. The van der Waals surface area contributed by atoms with Crippen molar-refractivity contribution in [1.82, 2.24) is 14.5 Å². The van der Waals surface area contributed by atoms with E-state index in [1.165, 1.54) is 11.8 Å². The topological polar surface area (TPSA) is 62.3 Å². The van der Waals surface area contributed by atoms with Crippen molar-refractivity contribution >= 4 is 23.4 Å². The minimum absolute atomic E-state index is 0.531. The molecule has 6 nitrogen and oxygen atoms in total. The molecule has 0 bridgehead atoms. The average molecular weight is 456 g/mol. The van der Waals surface area contributed by atoms with Crippen LogP contribution in [0.3, 0.4) is 0 Å². The maximum absolute atomic E-state index is 6.11. The van der Waals surface area contributed by atoms with Crippen molar-refractivity contribution in [3.63, 3.8) is 0 Å². The Balaban J connectivity index is 1.49. The van der Waals surface area contributed by atoms with Gasteiger partial charge in [0.15, 0.2) is 16.7 Å². The lowest BCUT2D eigenvalue weighted by molar-refractivity contribution is 0.284. The number of nitrogens with zero attached hydrogens (tertiary/aromatic N) is 3. The minimum atomic E-state index is 0.531. The van der Waals surface area contributed by atoms with Crippen molar-refractivity contribution in [2.24, 2.45) is 7.05 Å². The molecule has 0 N–H and O–H groups in total. The fraction of sp³-hybridized carbons (Fsp3) is 0.217. The molecule has 0 atom stereocenters. The van der Waals surface area contributed by atoms with E-state index in [1.807, 2.05) is 66.3 Å². The van der Waals surface area contributed by atoms with Gasteiger partial charge in [-0.15, -0.1) is 0 Å². The molecule has 2 heterocycles. The van der Waals surface area contributed by atoms with E-state index in [9.17, 15) is 0 Å². The van der Waals surface area contributed by atoms with E-state index in [1.54, 1.807) is 13.3 Å². The van der Waals surface area contributed by atoms with Crippen LogP contribution in [-0.2, 0) is 13.5 Å². The third-order valence-electron chi connectivity index (χ3n) is 4.63. The molecule has 0 saturated heterocycles. The Morgan fingerprint density at radius 1 is 1.10 bits per heavy atom. The van der Waals surface area contributed by atoms with E-state index in [0.29, 0.717) is 23.3 Å². The Morgan fingerprint density at radius 3 is 2.58 bits per heavy atom. The van der Waals surface area contributed by atoms with E-state index in [-0.39, 0.29) is 0 Å². The summed E-state index contributed by atoms with van der Waals surface area (Å²) in [5, 5.41) is 2.05. The van der Waals surface area contributed by atoms with Gasteiger partial charge in [0.1, 0.15) is 11.5 Å². The molecule has 160 valence electrons. The molecule has 2 aromatic heterocycles. The summed E-state index contributed by atoms with van der Waals surface area (Å²) in [6, 6.07) is 15.2. The van der Waals surface area contributed by atoms with Crippen LogP contribution in [0.4, 0.5) is 0 Å². The molecule has 0 fully saturated rings. The van der Waals surface area contributed by atoms with Gasteiger partial charge < -0.3 is 18.5 Å². The van der Waals surface area contributed by atoms with Gasteiger partial charge in [-0.25, -0.2) is 9.97 Å². The average Bonchev–Trinajstić information content (AvgIpc) is 3.38. The van der Waals surface area contributed by atoms with Crippen molar-refractivity contribution in [1.29, 1.82) is 0 Å². The minimum Gasteiger partial charge on any atom is -0.493 e.